The second kappa shape index (κ2) is 9.64. The van der Waals surface area contributed by atoms with Crippen molar-refractivity contribution in [3.05, 3.63) is 23.4 Å². The van der Waals surface area contributed by atoms with Gasteiger partial charge in [0, 0.05) is 18.2 Å². The van der Waals surface area contributed by atoms with Crippen molar-refractivity contribution in [1.82, 2.24) is 9.88 Å². The molecule has 7 nitrogen and oxygen atoms in total. The molecule has 1 aromatic rings. The van der Waals surface area contributed by atoms with E-state index in [1.807, 2.05) is 20.8 Å². The van der Waals surface area contributed by atoms with Crippen LogP contribution in [0.25, 0.3) is 0 Å². The molecule has 9 heteroatoms. The molecule has 1 amide bonds. The zero-order chi connectivity index (χ0) is 20.5. The maximum absolute atomic E-state index is 12.8. The van der Waals surface area contributed by atoms with E-state index in [4.69, 9.17) is 4.74 Å². The number of nitrogens with zero attached hydrogens (tertiary/aromatic N) is 2. The predicted molar refractivity (Wildman–Crippen MR) is 103 cm³/mol. The first-order valence-corrected chi connectivity index (χ1v) is 11.4. The van der Waals surface area contributed by atoms with E-state index in [2.05, 4.69) is 4.98 Å². The average Bonchev–Trinajstić information content (AvgIpc) is 2.59. The van der Waals surface area contributed by atoms with Gasteiger partial charge in [0.2, 0.25) is 0 Å². The van der Waals surface area contributed by atoms with Crippen molar-refractivity contribution < 1.29 is 52.1 Å². The average molecular weight is 433 g/mol. The largest absolute Gasteiger partial charge is 1.00 e. The van der Waals surface area contributed by atoms with Gasteiger partial charge < -0.3 is 14.2 Å². The Balaban J connectivity index is 0.00000300. The van der Waals surface area contributed by atoms with Gasteiger partial charge in [-0.1, -0.05) is 38.2 Å². The summed E-state index contributed by atoms with van der Waals surface area (Å²) in [6.07, 6.45) is 6.88. The minimum Gasteiger partial charge on any atom is -0.743 e. The molecule has 0 N–H and O–H groups in total. The fraction of sp³-hybridized carbons (Fsp3) is 0.700. The minimum atomic E-state index is -4.60. The summed E-state index contributed by atoms with van der Waals surface area (Å²) in [6, 6.07) is 2.69. The zero-order valence-electron chi connectivity index (χ0n) is 17.8. The van der Waals surface area contributed by atoms with Crippen molar-refractivity contribution in [3.8, 4) is 0 Å². The summed E-state index contributed by atoms with van der Waals surface area (Å²) in [5.74, 6) is 0.539. The number of hydrogen-bond donors (Lipinski definition) is 0. The van der Waals surface area contributed by atoms with Gasteiger partial charge in [-0.3, -0.25) is 0 Å². The van der Waals surface area contributed by atoms with Crippen LogP contribution in [0.3, 0.4) is 0 Å². The van der Waals surface area contributed by atoms with Crippen LogP contribution in [-0.4, -0.2) is 40.6 Å². The summed E-state index contributed by atoms with van der Waals surface area (Å²) in [5, 5.41) is -0.451. The van der Waals surface area contributed by atoms with Crippen molar-refractivity contribution in [1.29, 1.82) is 0 Å². The van der Waals surface area contributed by atoms with Crippen LogP contribution < -0.4 is 29.6 Å². The van der Waals surface area contributed by atoms with E-state index >= 15 is 0 Å². The smallest absolute Gasteiger partial charge is 0.743 e. The second-order valence-electron chi connectivity index (χ2n) is 8.92. The Morgan fingerprint density at radius 2 is 1.90 bits per heavy atom. The van der Waals surface area contributed by atoms with Gasteiger partial charge in [0.25, 0.3) is 0 Å². The number of hydrogen-bond acceptors (Lipinski definition) is 6. The van der Waals surface area contributed by atoms with Gasteiger partial charge in [0.1, 0.15) is 20.7 Å². The molecule has 0 radical (unpaired) electrons. The molecule has 0 bridgehead atoms. The third-order valence-corrected chi connectivity index (χ3v) is 6.21. The van der Waals surface area contributed by atoms with Crippen LogP contribution in [0.2, 0.25) is 0 Å². The fourth-order valence-corrected chi connectivity index (χ4v) is 4.63. The number of carbonyl (C=O) groups excluding carboxylic acids is 1. The predicted octanol–water partition coefficient (Wildman–Crippen LogP) is 0.622. The van der Waals surface area contributed by atoms with Crippen molar-refractivity contribution in [2.45, 2.75) is 88.9 Å². The Bertz CT molecular complexity index is 832. The molecular weight excluding hydrogens is 403 g/mol. The van der Waals surface area contributed by atoms with Crippen molar-refractivity contribution >= 4 is 16.2 Å². The fourth-order valence-electron chi connectivity index (χ4n) is 4.17. The minimum absolute atomic E-state index is 0. The SMILES string of the molecule is CC(C)(C)OC(=O)N1Cc2ccc(S(=O)(=O)[O-])nc2CC1CC1CCCCC1.[Na+]. The third-order valence-electron chi connectivity index (χ3n) is 5.47. The summed E-state index contributed by atoms with van der Waals surface area (Å²) in [7, 11) is -4.60. The monoisotopic (exact) mass is 432 g/mol. The molecular formula is C20H29N2NaO5S. The molecule has 1 aromatic heterocycles. The molecule has 1 unspecified atom stereocenters. The first-order chi connectivity index (χ1) is 13.0. The van der Waals surface area contributed by atoms with Gasteiger partial charge in [-0.25, -0.2) is 18.2 Å². The number of rotatable bonds is 3. The van der Waals surface area contributed by atoms with E-state index in [-0.39, 0.29) is 41.7 Å². The number of ether oxygens (including phenoxy) is 1. The van der Waals surface area contributed by atoms with Crippen molar-refractivity contribution in [2.24, 2.45) is 5.92 Å². The molecule has 29 heavy (non-hydrogen) atoms. The maximum Gasteiger partial charge on any atom is 1.00 e. The van der Waals surface area contributed by atoms with Gasteiger partial charge in [-0.2, -0.15) is 0 Å². The van der Waals surface area contributed by atoms with E-state index in [1.165, 1.54) is 25.3 Å². The summed E-state index contributed by atoms with van der Waals surface area (Å²) < 4.78 is 39.6. The zero-order valence-corrected chi connectivity index (χ0v) is 20.6. The van der Waals surface area contributed by atoms with Crippen LogP contribution >= 0.6 is 0 Å². The van der Waals surface area contributed by atoms with Crippen LogP contribution in [0.15, 0.2) is 17.2 Å². The summed E-state index contributed by atoms with van der Waals surface area (Å²) in [6.45, 7) is 5.83. The number of aromatic nitrogens is 1. The van der Waals surface area contributed by atoms with Gasteiger partial charge in [-0.05, 0) is 44.7 Å². The Hall–Kier alpha value is -0.670. The third kappa shape index (κ3) is 6.66. The number of carbonyl (C=O) groups is 1. The van der Waals surface area contributed by atoms with E-state index in [0.717, 1.165) is 24.8 Å². The van der Waals surface area contributed by atoms with Gasteiger partial charge in [0.05, 0.1) is 6.54 Å². The normalized spacial score (nSPS) is 20.6. The molecule has 2 aliphatic rings. The maximum atomic E-state index is 12.8. The molecule has 1 aliphatic heterocycles. The summed E-state index contributed by atoms with van der Waals surface area (Å²) in [4.78, 5) is 18.7. The molecule has 0 spiro atoms. The quantitative estimate of drug-likeness (QED) is 0.513. The van der Waals surface area contributed by atoms with Gasteiger partial charge in [-0.15, -0.1) is 0 Å². The molecule has 1 saturated carbocycles. The molecule has 2 heterocycles. The van der Waals surface area contributed by atoms with E-state index in [1.54, 1.807) is 11.0 Å². The topological polar surface area (TPSA) is 99.6 Å². The standard InChI is InChI=1S/C20H30N2O5S.Na/c1-20(2,3)27-19(23)22-13-15-9-10-18(28(24,25)26)21-17(15)12-16(22)11-14-7-5-4-6-8-14;/h9-10,14,16H,4-8,11-13H2,1-3H3,(H,24,25,26);/q;+1/p-1. The molecule has 156 valence electrons. The molecule has 1 fully saturated rings. The van der Waals surface area contributed by atoms with E-state index < -0.39 is 20.7 Å². The van der Waals surface area contributed by atoms with Crippen molar-refractivity contribution in [2.75, 3.05) is 0 Å². The van der Waals surface area contributed by atoms with Crippen LogP contribution in [-0.2, 0) is 27.8 Å². The Labute approximate surface area is 195 Å². The van der Waals surface area contributed by atoms with Gasteiger partial charge in [0.15, 0.2) is 0 Å². The van der Waals surface area contributed by atoms with E-state index in [0.29, 0.717) is 24.6 Å². The first kappa shape index (κ1) is 24.6. The molecule has 1 aliphatic carbocycles. The van der Waals surface area contributed by atoms with Crippen LogP contribution in [0.1, 0.15) is 70.6 Å². The molecule has 1 atom stereocenters. The Morgan fingerprint density at radius 3 is 2.48 bits per heavy atom. The van der Waals surface area contributed by atoms with Crippen LogP contribution in [0.5, 0.6) is 0 Å². The summed E-state index contributed by atoms with van der Waals surface area (Å²) >= 11 is 0. The van der Waals surface area contributed by atoms with Crippen LogP contribution in [0.4, 0.5) is 4.79 Å². The first-order valence-electron chi connectivity index (χ1n) is 9.97. The van der Waals surface area contributed by atoms with Gasteiger partial charge >= 0.3 is 35.7 Å². The molecule has 3 rings (SSSR count). The summed E-state index contributed by atoms with van der Waals surface area (Å²) in [5.41, 5.74) is 0.765. The Kier molecular flexibility index (Phi) is 8.18. The van der Waals surface area contributed by atoms with Crippen molar-refractivity contribution in [3.63, 3.8) is 0 Å². The van der Waals surface area contributed by atoms with Crippen LogP contribution in [0, 0.1) is 5.92 Å². The Morgan fingerprint density at radius 1 is 1.24 bits per heavy atom. The number of pyridine rings is 1. The second-order valence-corrected chi connectivity index (χ2v) is 10.2. The van der Waals surface area contributed by atoms with E-state index in [9.17, 15) is 17.8 Å². The molecule has 0 aromatic carbocycles. The number of fused-ring (bicyclic) bond motifs is 1. The molecule has 0 saturated heterocycles. The number of amides is 1.